The van der Waals surface area contributed by atoms with Gasteiger partial charge in [0.1, 0.15) is 0 Å². The maximum atomic E-state index is 15.0. The molecule has 10 aromatic rings. The van der Waals surface area contributed by atoms with E-state index < -0.39 is 11.7 Å². The number of aryl methyl sites for hydroxylation is 2. The molecule has 0 aliphatic heterocycles. The molecule has 0 aliphatic carbocycles. The van der Waals surface area contributed by atoms with Gasteiger partial charge in [-0.1, -0.05) is 127 Å². The average molecular weight is 758 g/mol. The summed E-state index contributed by atoms with van der Waals surface area (Å²) in [6, 6.07) is 55.0. The van der Waals surface area contributed by atoms with Crippen LogP contribution in [0.4, 0.5) is 18.9 Å². The van der Waals surface area contributed by atoms with Crippen LogP contribution in [0.3, 0.4) is 0 Å². The fraction of sp³-hybridized carbons (Fsp3) is 0.0577. The summed E-state index contributed by atoms with van der Waals surface area (Å²) in [6.45, 7) is 12.7. The van der Waals surface area contributed by atoms with E-state index in [1.165, 1.54) is 11.6 Å². The number of halogens is 3. The smallest absolute Gasteiger partial charge is 0.319 e. The van der Waals surface area contributed by atoms with Crippen molar-refractivity contribution >= 4 is 49.3 Å². The van der Waals surface area contributed by atoms with Crippen molar-refractivity contribution in [3.8, 4) is 44.8 Å². The first kappa shape index (κ1) is 35.1. The summed E-state index contributed by atoms with van der Waals surface area (Å²) in [4.78, 5) is 4.28. The Kier molecular flexibility index (Phi) is 8.10. The zero-order valence-corrected chi connectivity index (χ0v) is 31.6. The van der Waals surface area contributed by atoms with Gasteiger partial charge in [-0.3, -0.25) is 0 Å². The van der Waals surface area contributed by atoms with E-state index in [9.17, 15) is 0 Å². The number of hydrogen-bond acceptors (Lipinski definition) is 0. The van der Waals surface area contributed by atoms with E-state index in [0.717, 1.165) is 71.9 Å². The summed E-state index contributed by atoms with van der Waals surface area (Å²) >= 11 is 0. The van der Waals surface area contributed by atoms with Gasteiger partial charge in [0.15, 0.2) is 0 Å². The monoisotopic (exact) mass is 757 g/mol. The first-order valence-electron chi connectivity index (χ1n) is 19.1. The average Bonchev–Trinajstić information content (AvgIpc) is 3.75. The molecule has 0 atom stereocenters. The number of rotatable bonds is 5. The van der Waals surface area contributed by atoms with Crippen LogP contribution in [-0.2, 0) is 6.18 Å². The Morgan fingerprint density at radius 1 is 0.483 bits per heavy atom. The lowest BCUT2D eigenvalue weighted by atomic mass is 9.92. The van der Waals surface area contributed by atoms with Crippen LogP contribution < -0.4 is 0 Å². The molecule has 0 bridgehead atoms. The van der Waals surface area contributed by atoms with Gasteiger partial charge in [-0.15, -0.1) is 0 Å². The first-order chi connectivity index (χ1) is 28.2. The molecule has 3 nitrogen and oxygen atoms in total. The standard InChI is InChI=1S/C52H34F3N3/c1-32-20-22-35(23-21-32)37-24-27-46-41(31-37)38-15-7-9-18-44(38)57(46)48-29-26-40(49-33(2)12-11-17-43(49)52(53,54)55)51(50(48)56-3)58-45-19-10-8-16-39(45)42-30-36(25-28-47(42)58)34-13-5-4-6-14-34/h4-31H,1-2H3. The molecule has 8 aromatic carbocycles. The minimum atomic E-state index is -4.64. The molecule has 0 radical (unpaired) electrons. The summed E-state index contributed by atoms with van der Waals surface area (Å²) in [7, 11) is 0. The summed E-state index contributed by atoms with van der Waals surface area (Å²) < 4.78 is 49.2. The zero-order valence-electron chi connectivity index (χ0n) is 31.6. The van der Waals surface area contributed by atoms with Gasteiger partial charge in [-0.05, 0) is 101 Å². The van der Waals surface area contributed by atoms with Gasteiger partial charge < -0.3 is 9.13 Å². The van der Waals surface area contributed by atoms with Crippen LogP contribution in [0.15, 0.2) is 170 Å². The lowest BCUT2D eigenvalue weighted by molar-refractivity contribution is -0.137. The van der Waals surface area contributed by atoms with Gasteiger partial charge >= 0.3 is 6.18 Å². The second-order valence-corrected chi connectivity index (χ2v) is 14.8. The molecule has 10 rings (SSSR count). The van der Waals surface area contributed by atoms with Crippen molar-refractivity contribution in [1.29, 1.82) is 0 Å². The van der Waals surface area contributed by atoms with Crippen molar-refractivity contribution in [3.63, 3.8) is 0 Å². The molecule has 2 heterocycles. The molecule has 0 aliphatic rings. The number of aromatic nitrogens is 2. The van der Waals surface area contributed by atoms with Crippen molar-refractivity contribution < 1.29 is 13.2 Å². The summed E-state index contributed by atoms with van der Waals surface area (Å²) in [5.41, 5.74) is 10.1. The summed E-state index contributed by atoms with van der Waals surface area (Å²) in [6.07, 6.45) is -4.64. The van der Waals surface area contributed by atoms with Gasteiger partial charge in [0, 0.05) is 21.5 Å². The van der Waals surface area contributed by atoms with Crippen LogP contribution in [0.1, 0.15) is 16.7 Å². The lowest BCUT2D eigenvalue weighted by Gasteiger charge is -2.23. The Balaban J connectivity index is 1.33. The molecular formula is C52H34F3N3. The number of para-hydroxylation sites is 2. The predicted octanol–water partition coefficient (Wildman–Crippen LogP) is 15.1. The highest BCUT2D eigenvalue weighted by Crippen LogP contribution is 2.49. The molecule has 0 N–H and O–H groups in total. The highest BCUT2D eigenvalue weighted by Gasteiger charge is 2.36. The van der Waals surface area contributed by atoms with E-state index in [1.807, 2.05) is 83.4 Å². The highest BCUT2D eigenvalue weighted by molar-refractivity contribution is 6.14. The Morgan fingerprint density at radius 3 is 1.64 bits per heavy atom. The van der Waals surface area contributed by atoms with Crippen LogP contribution in [0, 0.1) is 20.4 Å². The topological polar surface area (TPSA) is 14.2 Å². The van der Waals surface area contributed by atoms with Crippen LogP contribution in [0.2, 0.25) is 0 Å². The zero-order chi connectivity index (χ0) is 39.7. The van der Waals surface area contributed by atoms with E-state index in [-0.39, 0.29) is 11.3 Å². The predicted molar refractivity (Wildman–Crippen MR) is 232 cm³/mol. The second kappa shape index (κ2) is 13.4. The third-order valence-electron chi connectivity index (χ3n) is 11.4. The molecule has 0 fully saturated rings. The molecule has 278 valence electrons. The van der Waals surface area contributed by atoms with E-state index in [4.69, 9.17) is 6.57 Å². The van der Waals surface area contributed by atoms with Crippen LogP contribution in [-0.4, -0.2) is 9.13 Å². The molecule has 0 saturated carbocycles. The SMILES string of the molecule is [C-]#[N+]c1c(-n2c3ccccc3c3cc(-c4ccc(C)cc4)ccc32)ccc(-c2c(C)cccc2C(F)(F)F)c1-n1c2ccccc2c2cc(-c3ccccc3)ccc21. The van der Waals surface area contributed by atoms with Crippen molar-refractivity contribution in [1.82, 2.24) is 9.13 Å². The fourth-order valence-electron chi connectivity index (χ4n) is 8.73. The molecule has 2 aromatic heterocycles. The Labute approximate surface area is 333 Å². The lowest BCUT2D eigenvalue weighted by Crippen LogP contribution is -2.10. The Morgan fingerprint density at radius 2 is 1.02 bits per heavy atom. The molecule has 58 heavy (non-hydrogen) atoms. The van der Waals surface area contributed by atoms with Crippen LogP contribution in [0.25, 0.3) is 93.2 Å². The molecule has 0 spiro atoms. The van der Waals surface area contributed by atoms with Crippen molar-refractivity contribution in [3.05, 3.63) is 198 Å². The Bertz CT molecular complexity index is 3290. The van der Waals surface area contributed by atoms with Crippen molar-refractivity contribution in [2.45, 2.75) is 20.0 Å². The minimum absolute atomic E-state index is 0.0539. The number of nitrogens with zero attached hydrogens (tertiary/aromatic N) is 3. The molecule has 0 saturated heterocycles. The molecule has 0 unspecified atom stereocenters. The van der Waals surface area contributed by atoms with E-state index in [0.29, 0.717) is 22.5 Å². The van der Waals surface area contributed by atoms with E-state index in [1.54, 1.807) is 19.1 Å². The number of benzene rings is 8. The first-order valence-corrected chi connectivity index (χ1v) is 19.1. The van der Waals surface area contributed by atoms with Crippen LogP contribution >= 0.6 is 0 Å². The second-order valence-electron chi connectivity index (χ2n) is 14.8. The normalized spacial score (nSPS) is 11.9. The molecular weight excluding hydrogens is 724 g/mol. The van der Waals surface area contributed by atoms with Crippen molar-refractivity contribution in [2.75, 3.05) is 0 Å². The number of alkyl halides is 3. The van der Waals surface area contributed by atoms with Crippen LogP contribution in [0.5, 0.6) is 0 Å². The molecule has 0 amide bonds. The van der Waals surface area contributed by atoms with Gasteiger partial charge in [0.05, 0.1) is 45.6 Å². The fourth-order valence-corrected chi connectivity index (χ4v) is 8.73. The molecule has 6 heteroatoms. The summed E-state index contributed by atoms with van der Waals surface area (Å²) in [5, 5.41) is 3.89. The highest BCUT2D eigenvalue weighted by atomic mass is 19.4. The number of fused-ring (bicyclic) bond motifs is 6. The van der Waals surface area contributed by atoms with Gasteiger partial charge in [-0.25, -0.2) is 4.85 Å². The van der Waals surface area contributed by atoms with E-state index in [2.05, 4.69) is 83.1 Å². The van der Waals surface area contributed by atoms with Crippen molar-refractivity contribution in [2.24, 2.45) is 0 Å². The van der Waals surface area contributed by atoms with Gasteiger partial charge in [0.2, 0.25) is 5.69 Å². The Hall–Kier alpha value is -7.36. The third-order valence-corrected chi connectivity index (χ3v) is 11.4. The number of hydrogen-bond donors (Lipinski definition) is 0. The minimum Gasteiger partial charge on any atom is -0.319 e. The third kappa shape index (κ3) is 5.50. The maximum absolute atomic E-state index is 15.0. The quantitative estimate of drug-likeness (QED) is 0.155. The van der Waals surface area contributed by atoms with Gasteiger partial charge in [0.25, 0.3) is 0 Å². The van der Waals surface area contributed by atoms with Gasteiger partial charge in [-0.2, -0.15) is 13.2 Å². The van der Waals surface area contributed by atoms with E-state index >= 15 is 13.2 Å². The summed E-state index contributed by atoms with van der Waals surface area (Å²) in [5.74, 6) is 0. The largest absolute Gasteiger partial charge is 0.417 e. The maximum Gasteiger partial charge on any atom is 0.417 e.